The molecule has 1 unspecified atom stereocenters. The van der Waals surface area contributed by atoms with Gasteiger partial charge in [0, 0.05) is 13.0 Å². The number of aryl methyl sites for hydroxylation is 1. The molecule has 1 aromatic heterocycles. The van der Waals surface area contributed by atoms with E-state index in [1.165, 1.54) is 0 Å². The molecule has 1 N–H and O–H groups in total. The summed E-state index contributed by atoms with van der Waals surface area (Å²) in [5.74, 6) is 1.53. The van der Waals surface area contributed by atoms with Gasteiger partial charge in [-0.2, -0.15) is 0 Å². The van der Waals surface area contributed by atoms with E-state index < -0.39 is 6.10 Å². The number of ether oxygens (including phenoxy) is 1. The van der Waals surface area contributed by atoms with E-state index >= 15 is 0 Å². The molecule has 4 heteroatoms. The van der Waals surface area contributed by atoms with Gasteiger partial charge in [0.2, 0.25) is 0 Å². The lowest BCUT2D eigenvalue weighted by Gasteiger charge is -2.14. The maximum absolute atomic E-state index is 11.8. The molecule has 0 aliphatic carbocycles. The summed E-state index contributed by atoms with van der Waals surface area (Å²) in [6.07, 6.45) is 2.82. The summed E-state index contributed by atoms with van der Waals surface area (Å²) in [6, 6.07) is 13.1. The molecule has 2 aromatic rings. The van der Waals surface area contributed by atoms with Gasteiger partial charge in [0.05, 0.1) is 6.26 Å². The molecule has 2 rings (SSSR count). The van der Waals surface area contributed by atoms with Gasteiger partial charge in [-0.1, -0.05) is 18.2 Å². The Morgan fingerprint density at radius 2 is 2.05 bits per heavy atom. The van der Waals surface area contributed by atoms with Crippen LogP contribution < -0.4 is 10.1 Å². The molecule has 0 spiro atoms. The van der Waals surface area contributed by atoms with Crippen molar-refractivity contribution in [3.05, 3.63) is 54.5 Å². The normalized spacial score (nSPS) is 11.8. The van der Waals surface area contributed by atoms with Crippen LogP contribution >= 0.6 is 0 Å². The van der Waals surface area contributed by atoms with Crippen LogP contribution in [0.3, 0.4) is 0 Å². The number of hydrogen-bond acceptors (Lipinski definition) is 3. The Balaban J connectivity index is 1.66. The second kappa shape index (κ2) is 7.38. The summed E-state index contributed by atoms with van der Waals surface area (Å²) in [5, 5.41) is 2.86. The third kappa shape index (κ3) is 4.46. The number of carbonyl (C=O) groups is 1. The fraction of sp³-hybridized carbons (Fsp3) is 0.312. The minimum atomic E-state index is -0.499. The van der Waals surface area contributed by atoms with Crippen LogP contribution in [0, 0.1) is 0 Å². The molecule has 0 fully saturated rings. The predicted molar refractivity (Wildman–Crippen MR) is 76.6 cm³/mol. The van der Waals surface area contributed by atoms with Crippen LogP contribution in [-0.2, 0) is 11.2 Å². The van der Waals surface area contributed by atoms with Crippen molar-refractivity contribution in [1.82, 2.24) is 5.32 Å². The van der Waals surface area contributed by atoms with E-state index in [2.05, 4.69) is 5.32 Å². The van der Waals surface area contributed by atoms with Crippen molar-refractivity contribution in [1.29, 1.82) is 0 Å². The Labute approximate surface area is 118 Å². The zero-order valence-electron chi connectivity index (χ0n) is 11.5. The van der Waals surface area contributed by atoms with Gasteiger partial charge in [-0.15, -0.1) is 0 Å². The minimum absolute atomic E-state index is 0.103. The van der Waals surface area contributed by atoms with Crippen LogP contribution in [0.5, 0.6) is 5.75 Å². The first-order chi connectivity index (χ1) is 9.75. The van der Waals surface area contributed by atoms with Crippen molar-refractivity contribution in [3.63, 3.8) is 0 Å². The van der Waals surface area contributed by atoms with E-state index in [-0.39, 0.29) is 5.91 Å². The molecule has 0 aliphatic rings. The Bertz CT molecular complexity index is 508. The number of furan rings is 1. The molecule has 1 atom stereocenters. The number of hydrogen-bond donors (Lipinski definition) is 1. The maximum atomic E-state index is 11.8. The number of carbonyl (C=O) groups excluding carboxylic acids is 1. The van der Waals surface area contributed by atoms with Gasteiger partial charge >= 0.3 is 0 Å². The van der Waals surface area contributed by atoms with Crippen LogP contribution in [0.15, 0.2) is 53.1 Å². The molecule has 0 radical (unpaired) electrons. The molecule has 4 nitrogen and oxygen atoms in total. The van der Waals surface area contributed by atoms with Gasteiger partial charge in [0.25, 0.3) is 5.91 Å². The molecule has 0 bridgehead atoms. The smallest absolute Gasteiger partial charge is 0.260 e. The van der Waals surface area contributed by atoms with Gasteiger partial charge in [-0.3, -0.25) is 4.79 Å². The van der Waals surface area contributed by atoms with Gasteiger partial charge < -0.3 is 14.5 Å². The number of benzene rings is 1. The van der Waals surface area contributed by atoms with E-state index in [0.717, 1.165) is 18.6 Å². The van der Waals surface area contributed by atoms with Crippen molar-refractivity contribution < 1.29 is 13.9 Å². The Kier molecular flexibility index (Phi) is 5.24. The fourth-order valence-corrected chi connectivity index (χ4v) is 1.83. The molecule has 1 heterocycles. The van der Waals surface area contributed by atoms with Crippen LogP contribution in [0.4, 0.5) is 0 Å². The van der Waals surface area contributed by atoms with E-state index in [1.807, 2.05) is 42.5 Å². The molecule has 1 amide bonds. The van der Waals surface area contributed by atoms with E-state index in [0.29, 0.717) is 12.3 Å². The molecule has 20 heavy (non-hydrogen) atoms. The molecule has 0 aliphatic heterocycles. The quantitative estimate of drug-likeness (QED) is 0.789. The molecule has 1 aromatic carbocycles. The average Bonchev–Trinajstić information content (AvgIpc) is 2.97. The van der Waals surface area contributed by atoms with Crippen LogP contribution in [-0.4, -0.2) is 18.6 Å². The third-order valence-electron chi connectivity index (χ3n) is 2.90. The van der Waals surface area contributed by atoms with E-state index in [4.69, 9.17) is 9.15 Å². The summed E-state index contributed by atoms with van der Waals surface area (Å²) in [5.41, 5.74) is 0. The predicted octanol–water partition coefficient (Wildman–Crippen LogP) is 2.80. The Hall–Kier alpha value is -2.23. The van der Waals surface area contributed by atoms with Gasteiger partial charge in [-0.25, -0.2) is 0 Å². The van der Waals surface area contributed by atoms with Crippen LogP contribution in [0.25, 0.3) is 0 Å². The van der Waals surface area contributed by atoms with E-state index in [1.54, 1.807) is 13.2 Å². The molecule has 0 saturated heterocycles. The summed E-state index contributed by atoms with van der Waals surface area (Å²) in [4.78, 5) is 11.8. The lowest BCUT2D eigenvalue weighted by atomic mass is 10.2. The molecule has 106 valence electrons. The SMILES string of the molecule is CC(Oc1ccccc1)C(=O)NCCCc1ccco1. The maximum Gasteiger partial charge on any atom is 0.260 e. The van der Waals surface area contributed by atoms with Gasteiger partial charge in [0.15, 0.2) is 6.10 Å². The molecular formula is C16H19NO3. The molecule has 0 saturated carbocycles. The van der Waals surface area contributed by atoms with Gasteiger partial charge in [0.1, 0.15) is 11.5 Å². The van der Waals surface area contributed by atoms with Crippen molar-refractivity contribution in [2.45, 2.75) is 25.9 Å². The van der Waals surface area contributed by atoms with Crippen molar-refractivity contribution in [2.24, 2.45) is 0 Å². The zero-order valence-corrected chi connectivity index (χ0v) is 11.5. The summed E-state index contributed by atoms with van der Waals surface area (Å²) >= 11 is 0. The fourth-order valence-electron chi connectivity index (χ4n) is 1.83. The number of para-hydroxylation sites is 1. The van der Waals surface area contributed by atoms with Gasteiger partial charge in [-0.05, 0) is 37.6 Å². The Morgan fingerprint density at radius 1 is 1.25 bits per heavy atom. The second-order valence-electron chi connectivity index (χ2n) is 4.55. The van der Waals surface area contributed by atoms with Crippen molar-refractivity contribution >= 4 is 5.91 Å². The lowest BCUT2D eigenvalue weighted by Crippen LogP contribution is -2.36. The lowest BCUT2D eigenvalue weighted by molar-refractivity contribution is -0.127. The van der Waals surface area contributed by atoms with Crippen molar-refractivity contribution in [3.8, 4) is 5.75 Å². The van der Waals surface area contributed by atoms with Crippen LogP contribution in [0.1, 0.15) is 19.1 Å². The van der Waals surface area contributed by atoms with Crippen molar-refractivity contribution in [2.75, 3.05) is 6.54 Å². The summed E-state index contributed by atoms with van der Waals surface area (Å²) < 4.78 is 10.8. The topological polar surface area (TPSA) is 51.5 Å². The highest BCUT2D eigenvalue weighted by Gasteiger charge is 2.13. The highest BCUT2D eigenvalue weighted by molar-refractivity contribution is 5.80. The first kappa shape index (κ1) is 14.2. The zero-order chi connectivity index (χ0) is 14.2. The minimum Gasteiger partial charge on any atom is -0.481 e. The largest absolute Gasteiger partial charge is 0.481 e. The first-order valence-electron chi connectivity index (χ1n) is 6.77. The standard InChI is InChI=1S/C16H19NO3/c1-13(20-15-7-3-2-4-8-15)16(18)17-11-5-9-14-10-6-12-19-14/h2-4,6-8,10,12-13H,5,9,11H2,1H3,(H,17,18). The average molecular weight is 273 g/mol. The number of rotatable bonds is 7. The summed E-state index contributed by atoms with van der Waals surface area (Å²) in [7, 11) is 0. The molecular weight excluding hydrogens is 254 g/mol. The second-order valence-corrected chi connectivity index (χ2v) is 4.55. The van der Waals surface area contributed by atoms with Crippen LogP contribution in [0.2, 0.25) is 0 Å². The third-order valence-corrected chi connectivity index (χ3v) is 2.90. The first-order valence-corrected chi connectivity index (χ1v) is 6.77. The highest BCUT2D eigenvalue weighted by atomic mass is 16.5. The summed E-state index contributed by atoms with van der Waals surface area (Å²) in [6.45, 7) is 2.36. The number of nitrogens with one attached hydrogen (secondary N) is 1. The Morgan fingerprint density at radius 3 is 2.75 bits per heavy atom. The highest BCUT2D eigenvalue weighted by Crippen LogP contribution is 2.10. The monoisotopic (exact) mass is 273 g/mol. The number of amides is 1. The van der Waals surface area contributed by atoms with E-state index in [9.17, 15) is 4.79 Å².